The Bertz CT molecular complexity index is 751. The molecule has 122 valence electrons. The lowest BCUT2D eigenvalue weighted by Crippen LogP contribution is -2.17. The first kappa shape index (κ1) is 17.2. The second kappa shape index (κ2) is 6.53. The summed E-state index contributed by atoms with van der Waals surface area (Å²) in [7, 11) is 1.05. The molecule has 23 heavy (non-hydrogen) atoms. The predicted molar refractivity (Wildman–Crippen MR) is 80.4 cm³/mol. The number of anilines is 1. The maximum atomic E-state index is 12.9. The van der Waals surface area contributed by atoms with Crippen LogP contribution in [0.15, 0.2) is 28.9 Å². The molecule has 0 aliphatic carbocycles. The fourth-order valence-corrected chi connectivity index (χ4v) is 2.30. The minimum Gasteiger partial charge on any atom is -0.481 e. The van der Waals surface area contributed by atoms with Crippen LogP contribution in [0.2, 0.25) is 0 Å². The number of rotatable bonds is 3. The molecule has 0 atom stereocenters. The van der Waals surface area contributed by atoms with Gasteiger partial charge < -0.3 is 10.1 Å². The second-order valence-electron chi connectivity index (χ2n) is 4.51. The van der Waals surface area contributed by atoms with Gasteiger partial charge in [0.05, 0.1) is 7.11 Å². The highest BCUT2D eigenvalue weighted by Gasteiger charge is 2.36. The summed E-state index contributed by atoms with van der Waals surface area (Å²) in [5.41, 5.74) is -0.151. The minimum atomic E-state index is -4.64. The molecule has 0 saturated carbocycles. The summed E-state index contributed by atoms with van der Waals surface area (Å²) in [5, 5.41) is 2.54. The highest BCUT2D eigenvalue weighted by molar-refractivity contribution is 9.10. The molecule has 0 bridgehead atoms. The number of nitrogens with one attached hydrogen (secondary N) is 1. The summed E-state index contributed by atoms with van der Waals surface area (Å²) in [5.74, 6) is -1.34. The summed E-state index contributed by atoms with van der Waals surface area (Å²) in [4.78, 5) is 19.9. The number of carbonyl (C=O) groups is 1. The zero-order valence-electron chi connectivity index (χ0n) is 12.0. The number of amides is 1. The van der Waals surface area contributed by atoms with Crippen LogP contribution in [0.25, 0.3) is 0 Å². The number of carbonyl (C=O) groups excluding carboxylic acids is 1. The molecule has 0 unspecified atom stereocenters. The molecule has 1 N–H and O–H groups in total. The quantitative estimate of drug-likeness (QED) is 0.866. The first-order valence-electron chi connectivity index (χ1n) is 6.28. The molecule has 1 amide bonds. The van der Waals surface area contributed by atoms with Crippen LogP contribution in [0.1, 0.15) is 21.7 Å². The Labute approximate surface area is 138 Å². The molecule has 2 rings (SSSR count). The zero-order valence-corrected chi connectivity index (χ0v) is 13.6. The van der Waals surface area contributed by atoms with Gasteiger partial charge in [-0.3, -0.25) is 9.78 Å². The number of alkyl halides is 3. The molecule has 2 aromatic heterocycles. The Kier molecular flexibility index (Phi) is 4.88. The van der Waals surface area contributed by atoms with E-state index >= 15 is 0 Å². The number of halogens is 4. The Hall–Kier alpha value is -2.16. The van der Waals surface area contributed by atoms with Gasteiger partial charge in [-0.05, 0) is 41.1 Å². The average Bonchev–Trinajstić information content (AvgIpc) is 2.45. The summed E-state index contributed by atoms with van der Waals surface area (Å²) in [6.45, 7) is 1.74. The van der Waals surface area contributed by atoms with Crippen molar-refractivity contribution in [1.29, 1.82) is 0 Å². The number of hydrogen-bond donors (Lipinski definition) is 1. The molecule has 0 radical (unpaired) electrons. The molecule has 0 aliphatic heterocycles. The standard InChI is InChI=1S/C14H11BrF3N3O2/c1-7-5-8(3-4-19-7)20-12(22)11-10(15)6-9(14(16,17)18)13(21-11)23-2/h3-6H,1-2H3,(H,19,20,22). The SMILES string of the molecule is COc1nc(C(=O)Nc2ccnc(C)c2)c(Br)cc1C(F)(F)F. The van der Waals surface area contributed by atoms with E-state index in [1.807, 2.05) is 0 Å². The Balaban J connectivity index is 2.37. The van der Waals surface area contributed by atoms with Gasteiger partial charge in [0.2, 0.25) is 5.88 Å². The summed E-state index contributed by atoms with van der Waals surface area (Å²) in [6, 6.07) is 3.94. The lowest BCUT2D eigenvalue weighted by atomic mass is 10.2. The smallest absolute Gasteiger partial charge is 0.421 e. The van der Waals surface area contributed by atoms with E-state index in [0.717, 1.165) is 13.2 Å². The fraction of sp³-hybridized carbons (Fsp3) is 0.214. The number of aromatic nitrogens is 2. The molecule has 0 aromatic carbocycles. The Morgan fingerprint density at radius 1 is 1.35 bits per heavy atom. The van der Waals surface area contributed by atoms with Gasteiger partial charge >= 0.3 is 6.18 Å². The maximum Gasteiger partial charge on any atom is 0.421 e. The van der Waals surface area contributed by atoms with Crippen molar-refractivity contribution in [2.45, 2.75) is 13.1 Å². The van der Waals surface area contributed by atoms with Crippen LogP contribution in [-0.4, -0.2) is 23.0 Å². The van der Waals surface area contributed by atoms with Gasteiger partial charge in [0.25, 0.3) is 5.91 Å². The van der Waals surface area contributed by atoms with Crippen LogP contribution in [0.5, 0.6) is 5.88 Å². The van der Waals surface area contributed by atoms with Crippen LogP contribution in [0.4, 0.5) is 18.9 Å². The van der Waals surface area contributed by atoms with Crippen molar-refractivity contribution >= 4 is 27.5 Å². The van der Waals surface area contributed by atoms with Crippen molar-refractivity contribution in [3.63, 3.8) is 0 Å². The molecule has 0 aliphatic rings. The van der Waals surface area contributed by atoms with Crippen molar-refractivity contribution in [1.82, 2.24) is 9.97 Å². The number of pyridine rings is 2. The van der Waals surface area contributed by atoms with E-state index in [-0.39, 0.29) is 10.2 Å². The maximum absolute atomic E-state index is 12.9. The third kappa shape index (κ3) is 3.98. The minimum absolute atomic E-state index is 0.0890. The predicted octanol–water partition coefficient (Wildman–Crippen LogP) is 3.83. The zero-order chi connectivity index (χ0) is 17.2. The van der Waals surface area contributed by atoms with Gasteiger partial charge in [-0.2, -0.15) is 13.2 Å². The lowest BCUT2D eigenvalue weighted by Gasteiger charge is -2.14. The Morgan fingerprint density at radius 3 is 2.61 bits per heavy atom. The summed E-state index contributed by atoms with van der Waals surface area (Å²) >= 11 is 2.94. The molecule has 0 spiro atoms. The molecule has 9 heteroatoms. The van der Waals surface area contributed by atoms with E-state index in [1.54, 1.807) is 19.1 Å². The van der Waals surface area contributed by atoms with Gasteiger partial charge in [-0.15, -0.1) is 0 Å². The largest absolute Gasteiger partial charge is 0.481 e. The third-order valence-corrected chi connectivity index (χ3v) is 3.41. The van der Waals surface area contributed by atoms with Crippen molar-refractivity contribution in [3.05, 3.63) is 45.8 Å². The molecule has 0 saturated heterocycles. The highest BCUT2D eigenvalue weighted by Crippen LogP contribution is 2.37. The van der Waals surface area contributed by atoms with E-state index in [1.165, 1.54) is 6.20 Å². The van der Waals surface area contributed by atoms with Crippen LogP contribution >= 0.6 is 15.9 Å². The fourth-order valence-electron chi connectivity index (χ4n) is 1.80. The number of methoxy groups -OCH3 is 1. The average molecular weight is 390 g/mol. The van der Waals surface area contributed by atoms with Crippen LogP contribution in [-0.2, 0) is 6.18 Å². The van der Waals surface area contributed by atoms with Crippen molar-refractivity contribution in [2.75, 3.05) is 12.4 Å². The van der Waals surface area contributed by atoms with E-state index in [9.17, 15) is 18.0 Å². The van der Waals surface area contributed by atoms with Crippen molar-refractivity contribution in [2.24, 2.45) is 0 Å². The van der Waals surface area contributed by atoms with Gasteiger partial charge in [0, 0.05) is 22.1 Å². The summed E-state index contributed by atoms with van der Waals surface area (Å²) < 4.78 is 43.2. The molecular formula is C14H11BrF3N3O2. The van der Waals surface area contributed by atoms with Crippen LogP contribution < -0.4 is 10.1 Å². The first-order chi connectivity index (χ1) is 10.7. The van der Waals surface area contributed by atoms with Gasteiger partial charge in [-0.1, -0.05) is 0 Å². The molecule has 0 fully saturated rings. The van der Waals surface area contributed by atoms with E-state index in [0.29, 0.717) is 11.4 Å². The Morgan fingerprint density at radius 2 is 2.04 bits per heavy atom. The number of aryl methyl sites for hydroxylation is 1. The number of nitrogens with zero attached hydrogens (tertiary/aromatic N) is 2. The molecule has 2 heterocycles. The van der Waals surface area contributed by atoms with Crippen molar-refractivity contribution < 1.29 is 22.7 Å². The topological polar surface area (TPSA) is 64.1 Å². The normalized spacial score (nSPS) is 11.2. The number of ether oxygens (including phenoxy) is 1. The van der Waals surface area contributed by atoms with Crippen LogP contribution in [0, 0.1) is 6.92 Å². The van der Waals surface area contributed by atoms with E-state index < -0.39 is 23.5 Å². The van der Waals surface area contributed by atoms with Crippen molar-refractivity contribution in [3.8, 4) is 5.88 Å². The van der Waals surface area contributed by atoms with E-state index in [2.05, 4.69) is 36.0 Å². The third-order valence-electron chi connectivity index (χ3n) is 2.81. The van der Waals surface area contributed by atoms with Gasteiger partial charge in [-0.25, -0.2) is 4.98 Å². The molecule has 2 aromatic rings. The van der Waals surface area contributed by atoms with Gasteiger partial charge in [0.15, 0.2) is 0 Å². The second-order valence-corrected chi connectivity index (χ2v) is 5.37. The monoisotopic (exact) mass is 389 g/mol. The molecular weight excluding hydrogens is 379 g/mol. The number of hydrogen-bond acceptors (Lipinski definition) is 4. The highest BCUT2D eigenvalue weighted by atomic mass is 79.9. The first-order valence-corrected chi connectivity index (χ1v) is 7.07. The summed E-state index contributed by atoms with van der Waals surface area (Å²) in [6.07, 6.45) is -3.14. The van der Waals surface area contributed by atoms with Crippen LogP contribution in [0.3, 0.4) is 0 Å². The van der Waals surface area contributed by atoms with Gasteiger partial charge in [0.1, 0.15) is 11.3 Å². The molecule has 5 nitrogen and oxygen atoms in total. The van der Waals surface area contributed by atoms with E-state index in [4.69, 9.17) is 0 Å². The lowest BCUT2D eigenvalue weighted by molar-refractivity contribution is -0.139.